The number of carbonyl (C=O) groups excluding carboxylic acids is 4. The van der Waals surface area contributed by atoms with Gasteiger partial charge in [0.1, 0.15) is 5.60 Å². The molecule has 1 aromatic heterocycles. The van der Waals surface area contributed by atoms with Crippen LogP contribution < -0.4 is 5.32 Å². The second kappa shape index (κ2) is 10.6. The smallest absolute Gasteiger partial charge is 0.306 e. The summed E-state index contributed by atoms with van der Waals surface area (Å²) in [5.41, 5.74) is -1.63. The molecule has 39 heavy (non-hydrogen) atoms. The van der Waals surface area contributed by atoms with Crippen molar-refractivity contribution in [3.05, 3.63) is 34.0 Å². The number of Topliss-reactive ketones (excluding diaryl/α,β-unsaturated/α-hetero) is 1. The highest BCUT2D eigenvalue weighted by Gasteiger charge is 2.68. The predicted octanol–water partition coefficient (Wildman–Crippen LogP) is 3.49. The highest BCUT2D eigenvalue weighted by molar-refractivity contribution is 7.09. The summed E-state index contributed by atoms with van der Waals surface area (Å²) in [6, 6.07) is 3.81. The Kier molecular flexibility index (Phi) is 7.63. The van der Waals surface area contributed by atoms with Crippen LogP contribution in [0.15, 0.2) is 29.2 Å². The SMILES string of the molecule is C[C@]12CCC(=O)C=C1CC[C@@H]1[C@@H]2[C@H](O)C[C@@]2(C)[C@H]1CC[C@]2(O)C(=O)COC(=O)CCC(=O)NCc1cccs1. The van der Waals surface area contributed by atoms with Crippen molar-refractivity contribution in [2.75, 3.05) is 6.61 Å². The van der Waals surface area contributed by atoms with Crippen molar-refractivity contribution in [2.24, 2.45) is 28.6 Å². The number of carbonyl (C=O) groups is 4. The maximum Gasteiger partial charge on any atom is 0.306 e. The monoisotopic (exact) mass is 557 g/mol. The topological polar surface area (TPSA) is 130 Å². The van der Waals surface area contributed by atoms with E-state index in [9.17, 15) is 29.4 Å². The van der Waals surface area contributed by atoms with Crippen LogP contribution in [0.25, 0.3) is 0 Å². The van der Waals surface area contributed by atoms with Crippen LogP contribution in [0.1, 0.15) is 76.5 Å². The molecular weight excluding hydrogens is 518 g/mol. The van der Waals surface area contributed by atoms with Crippen LogP contribution in [0, 0.1) is 28.6 Å². The summed E-state index contributed by atoms with van der Waals surface area (Å²) in [5.74, 6) is -1.13. The molecule has 9 heteroatoms. The molecule has 0 unspecified atom stereocenters. The first-order chi connectivity index (χ1) is 18.5. The van der Waals surface area contributed by atoms with Gasteiger partial charge in [0.05, 0.1) is 19.1 Å². The van der Waals surface area contributed by atoms with Gasteiger partial charge in [0, 0.05) is 23.1 Å². The number of hydrogen-bond acceptors (Lipinski definition) is 8. The third-order valence-electron chi connectivity index (χ3n) is 10.5. The second-order valence-electron chi connectivity index (χ2n) is 12.4. The number of thiophene rings is 1. The Morgan fingerprint density at radius 1 is 1.15 bits per heavy atom. The fourth-order valence-corrected chi connectivity index (χ4v) is 9.04. The first kappa shape index (κ1) is 28.2. The van der Waals surface area contributed by atoms with E-state index in [2.05, 4.69) is 12.2 Å². The Morgan fingerprint density at radius 2 is 1.95 bits per heavy atom. The van der Waals surface area contributed by atoms with Crippen LogP contribution in [0.3, 0.4) is 0 Å². The molecule has 0 bridgehead atoms. The van der Waals surface area contributed by atoms with E-state index in [0.29, 0.717) is 19.4 Å². The second-order valence-corrected chi connectivity index (χ2v) is 13.4. The summed E-state index contributed by atoms with van der Waals surface area (Å²) in [6.07, 6.45) is 4.95. The van der Waals surface area contributed by atoms with Gasteiger partial charge in [0.2, 0.25) is 11.7 Å². The molecule has 1 aromatic rings. The highest BCUT2D eigenvalue weighted by Crippen LogP contribution is 2.67. The molecule has 8 nitrogen and oxygen atoms in total. The maximum absolute atomic E-state index is 13.4. The first-order valence-electron chi connectivity index (χ1n) is 14.1. The molecule has 1 heterocycles. The van der Waals surface area contributed by atoms with Crippen molar-refractivity contribution in [3.8, 4) is 0 Å². The van der Waals surface area contributed by atoms with Crippen LogP contribution >= 0.6 is 11.3 Å². The predicted molar refractivity (Wildman–Crippen MR) is 144 cm³/mol. The Morgan fingerprint density at radius 3 is 2.69 bits per heavy atom. The standard InChI is InChI=1S/C30H39NO7S/c1-28-11-9-19(32)14-18(28)5-6-21-22-10-12-30(37,29(22,2)15-23(33)27(21)28)24(34)17-38-26(36)8-7-25(35)31-16-20-4-3-13-39-20/h3-4,13-14,21-23,27,33,37H,5-12,15-17H2,1-2H3,(H,31,35)/t21-,22-,23+,27+,28-,29-,30-/m0/s1. The van der Waals surface area contributed by atoms with Gasteiger partial charge in [-0.25, -0.2) is 0 Å². The molecular formula is C30H39NO7S. The Labute approximate surface area is 233 Å². The number of rotatable bonds is 8. The maximum atomic E-state index is 13.4. The molecule has 7 atom stereocenters. The molecule has 3 saturated carbocycles. The van der Waals surface area contributed by atoms with Gasteiger partial charge in [-0.05, 0) is 79.2 Å². The van der Waals surface area contributed by atoms with E-state index >= 15 is 0 Å². The lowest BCUT2D eigenvalue weighted by atomic mass is 9.45. The van der Waals surface area contributed by atoms with Crippen LogP contribution in [0.2, 0.25) is 0 Å². The largest absolute Gasteiger partial charge is 0.458 e. The molecule has 4 aliphatic carbocycles. The summed E-state index contributed by atoms with van der Waals surface area (Å²) in [7, 11) is 0. The quantitative estimate of drug-likeness (QED) is 0.417. The summed E-state index contributed by atoms with van der Waals surface area (Å²) in [6.45, 7) is 3.92. The van der Waals surface area contributed by atoms with Crippen LogP contribution in [0.4, 0.5) is 0 Å². The van der Waals surface area contributed by atoms with E-state index in [1.807, 2.05) is 24.4 Å². The lowest BCUT2D eigenvalue weighted by Crippen LogP contribution is -2.62. The number of ketones is 2. The molecule has 3 N–H and O–H groups in total. The van der Waals surface area contributed by atoms with Crippen molar-refractivity contribution in [3.63, 3.8) is 0 Å². The number of amides is 1. The van der Waals surface area contributed by atoms with E-state index in [-0.39, 0.29) is 60.5 Å². The lowest BCUT2D eigenvalue weighted by Gasteiger charge is -2.60. The summed E-state index contributed by atoms with van der Waals surface area (Å²) >= 11 is 1.53. The third kappa shape index (κ3) is 4.91. The van der Waals surface area contributed by atoms with Crippen molar-refractivity contribution in [2.45, 2.75) is 89.9 Å². The minimum atomic E-state index is -1.69. The molecule has 4 aliphatic rings. The van der Waals surface area contributed by atoms with Crippen molar-refractivity contribution in [1.29, 1.82) is 0 Å². The van der Waals surface area contributed by atoms with Crippen LogP contribution in [-0.2, 0) is 30.5 Å². The van der Waals surface area contributed by atoms with Gasteiger partial charge >= 0.3 is 5.97 Å². The van der Waals surface area contributed by atoms with Gasteiger partial charge in [-0.3, -0.25) is 19.2 Å². The number of hydrogen-bond donors (Lipinski definition) is 3. The molecule has 5 rings (SSSR count). The van der Waals surface area contributed by atoms with Crippen LogP contribution in [0.5, 0.6) is 0 Å². The molecule has 0 aliphatic heterocycles. The van der Waals surface area contributed by atoms with Gasteiger partial charge in [-0.2, -0.15) is 0 Å². The Bertz CT molecular complexity index is 1180. The fraction of sp³-hybridized carbons (Fsp3) is 0.667. The molecule has 0 saturated heterocycles. The summed E-state index contributed by atoms with van der Waals surface area (Å²) < 4.78 is 5.21. The van der Waals surface area contributed by atoms with E-state index in [1.54, 1.807) is 6.08 Å². The summed E-state index contributed by atoms with van der Waals surface area (Å²) in [5, 5.41) is 27.9. The number of aliphatic hydroxyl groups is 2. The van der Waals surface area contributed by atoms with E-state index < -0.39 is 35.5 Å². The average Bonchev–Trinajstić information content (AvgIpc) is 3.51. The highest BCUT2D eigenvalue weighted by atomic mass is 32.1. The van der Waals surface area contributed by atoms with Crippen molar-refractivity contribution >= 4 is 34.8 Å². The van der Waals surface area contributed by atoms with Gasteiger partial charge in [-0.1, -0.05) is 25.5 Å². The molecule has 0 aromatic carbocycles. The zero-order valence-corrected chi connectivity index (χ0v) is 23.6. The minimum absolute atomic E-state index is 0.00934. The van der Waals surface area contributed by atoms with Gasteiger partial charge in [0.25, 0.3) is 0 Å². The molecule has 1 amide bonds. The van der Waals surface area contributed by atoms with Gasteiger partial charge in [-0.15, -0.1) is 11.3 Å². The number of ether oxygens (including phenoxy) is 1. The zero-order chi connectivity index (χ0) is 28.0. The molecule has 0 radical (unpaired) electrons. The van der Waals surface area contributed by atoms with Crippen molar-refractivity contribution < 1.29 is 34.1 Å². The number of nitrogens with one attached hydrogen (secondary N) is 1. The van der Waals surface area contributed by atoms with E-state index in [1.165, 1.54) is 11.3 Å². The Hall–Kier alpha value is -2.36. The average molecular weight is 558 g/mol. The summed E-state index contributed by atoms with van der Waals surface area (Å²) in [4.78, 5) is 50.8. The zero-order valence-electron chi connectivity index (χ0n) is 22.7. The van der Waals surface area contributed by atoms with Crippen molar-refractivity contribution in [1.82, 2.24) is 5.32 Å². The van der Waals surface area contributed by atoms with Crippen LogP contribution in [-0.4, -0.2) is 52.0 Å². The minimum Gasteiger partial charge on any atom is -0.458 e. The number of allylic oxidation sites excluding steroid dienone is 1. The molecule has 212 valence electrons. The Balaban J connectivity index is 1.19. The van der Waals surface area contributed by atoms with E-state index in [4.69, 9.17) is 4.74 Å². The van der Waals surface area contributed by atoms with Gasteiger partial charge in [0.15, 0.2) is 12.4 Å². The third-order valence-corrected chi connectivity index (χ3v) is 11.3. The number of esters is 1. The van der Waals surface area contributed by atoms with E-state index in [0.717, 1.165) is 29.7 Å². The number of aliphatic hydroxyl groups excluding tert-OH is 1. The fourth-order valence-electron chi connectivity index (χ4n) is 8.39. The van der Waals surface area contributed by atoms with Gasteiger partial charge < -0.3 is 20.3 Å². The lowest BCUT2D eigenvalue weighted by molar-refractivity contribution is -0.184. The normalized spacial score (nSPS) is 37.2. The first-order valence-corrected chi connectivity index (χ1v) is 15.0. The number of fused-ring (bicyclic) bond motifs is 5. The molecule has 3 fully saturated rings. The molecule has 0 spiro atoms.